The second-order valence-electron chi connectivity index (χ2n) is 12.7. The zero-order valence-corrected chi connectivity index (χ0v) is 29.2. The maximum absolute atomic E-state index is 13.9. The monoisotopic (exact) mass is 693 g/mol. The molecule has 2 N–H and O–H groups in total. The molecule has 3 heterocycles. The number of nitrogens with one attached hydrogen (secondary N) is 1. The van der Waals surface area contributed by atoms with Crippen molar-refractivity contribution in [1.29, 1.82) is 0 Å². The average Bonchev–Trinajstić information content (AvgIpc) is 3.70. The van der Waals surface area contributed by atoms with Crippen LogP contribution in [0.25, 0.3) is 0 Å². The van der Waals surface area contributed by atoms with Gasteiger partial charge in [-0.05, 0) is 43.7 Å². The lowest BCUT2D eigenvalue weighted by Gasteiger charge is -2.39. The molecule has 3 aliphatic rings. The van der Waals surface area contributed by atoms with E-state index >= 15 is 0 Å². The Labute approximate surface area is 285 Å². The van der Waals surface area contributed by atoms with E-state index in [2.05, 4.69) is 17.9 Å². The predicted molar refractivity (Wildman–Crippen MR) is 179 cm³/mol. The lowest BCUT2D eigenvalue weighted by atomic mass is 9.84. The Kier molecular flexibility index (Phi) is 11.6. The number of likely N-dealkylation sites (N-methyl/N-ethyl adjacent to an activating group) is 1. The van der Waals surface area contributed by atoms with Gasteiger partial charge >= 0.3 is 12.1 Å². The molecule has 258 valence electrons. The number of hydrogen-bond donors (Lipinski definition) is 3. The molecule has 14 heteroatoms. The molecule has 6 atom stereocenters. The summed E-state index contributed by atoms with van der Waals surface area (Å²) in [6, 6.07) is 3.61. The summed E-state index contributed by atoms with van der Waals surface area (Å²) in [6.07, 6.45) is 2.91. The van der Waals surface area contributed by atoms with Crippen molar-refractivity contribution in [3.05, 3.63) is 46.5 Å². The highest BCUT2D eigenvalue weighted by molar-refractivity contribution is 7.80. The molecule has 3 unspecified atom stereocenters. The van der Waals surface area contributed by atoms with E-state index in [0.717, 1.165) is 11.1 Å². The van der Waals surface area contributed by atoms with Gasteiger partial charge in [0.25, 0.3) is 0 Å². The minimum Gasteiger partial charge on any atom is -0.495 e. The first-order valence-corrected chi connectivity index (χ1v) is 16.5. The molecule has 0 spiro atoms. The van der Waals surface area contributed by atoms with E-state index in [1.807, 2.05) is 26.0 Å². The molecule has 1 aromatic carbocycles. The van der Waals surface area contributed by atoms with Crippen LogP contribution in [0.15, 0.2) is 35.9 Å². The maximum atomic E-state index is 13.9. The SMILES string of the molecule is COc1cc2cc(c1Cl)N(C)C(=O)C[C@H](OC(=O)CN(C)C(=O)CCS)C1(C)OC1[C@H](C)C1C[C@](O)(C/C=C/C=C(\C)C2)NC(=O)O1. The molecule has 0 aliphatic carbocycles. The highest BCUT2D eigenvalue weighted by atomic mass is 35.5. The summed E-state index contributed by atoms with van der Waals surface area (Å²) in [4.78, 5) is 54.6. The summed E-state index contributed by atoms with van der Waals surface area (Å²) in [5.41, 5.74) is -0.485. The molecule has 0 saturated carbocycles. The van der Waals surface area contributed by atoms with Crippen molar-refractivity contribution in [2.45, 2.75) is 82.5 Å². The van der Waals surface area contributed by atoms with Crippen LogP contribution in [0, 0.1) is 5.92 Å². The number of thiol groups is 1. The normalized spacial score (nSPS) is 31.3. The zero-order valence-electron chi connectivity index (χ0n) is 27.6. The first-order chi connectivity index (χ1) is 22.1. The van der Waals surface area contributed by atoms with E-state index < -0.39 is 53.5 Å². The summed E-state index contributed by atoms with van der Waals surface area (Å²) in [5, 5.41) is 14.1. The van der Waals surface area contributed by atoms with Crippen molar-refractivity contribution in [3.8, 4) is 5.75 Å². The molecular formula is C33H44ClN3O9S. The molecule has 1 aromatic rings. The number of ether oxygens (including phenoxy) is 4. The van der Waals surface area contributed by atoms with Crippen LogP contribution in [0.4, 0.5) is 10.5 Å². The van der Waals surface area contributed by atoms with Gasteiger partial charge < -0.3 is 33.9 Å². The Hall–Kier alpha value is -3.26. The van der Waals surface area contributed by atoms with Gasteiger partial charge in [-0.15, -0.1) is 0 Å². The van der Waals surface area contributed by atoms with Gasteiger partial charge in [0.05, 0.1) is 25.3 Å². The number of amides is 3. The predicted octanol–water partition coefficient (Wildman–Crippen LogP) is 3.82. The minimum absolute atomic E-state index is 0.0805. The number of anilines is 1. The number of aliphatic hydroxyl groups is 1. The number of carbonyl (C=O) groups excluding carboxylic acids is 4. The molecule has 2 saturated heterocycles. The summed E-state index contributed by atoms with van der Waals surface area (Å²) in [5.74, 6) is -1.15. The number of methoxy groups -OCH3 is 1. The number of esters is 1. The Bertz CT molecular complexity index is 1450. The molecular weight excluding hydrogens is 650 g/mol. The molecule has 4 rings (SSSR count). The quantitative estimate of drug-likeness (QED) is 0.230. The van der Waals surface area contributed by atoms with Crippen LogP contribution in [0.2, 0.25) is 5.02 Å². The third kappa shape index (κ3) is 8.62. The second kappa shape index (κ2) is 14.9. The summed E-state index contributed by atoms with van der Waals surface area (Å²) in [7, 11) is 4.56. The number of alkyl carbamates (subject to hydrolysis) is 1. The van der Waals surface area contributed by atoms with Crippen molar-refractivity contribution < 1.29 is 43.2 Å². The average molecular weight is 694 g/mol. The van der Waals surface area contributed by atoms with Crippen molar-refractivity contribution in [2.24, 2.45) is 5.92 Å². The Morgan fingerprint density at radius 2 is 2.02 bits per heavy atom. The van der Waals surface area contributed by atoms with Crippen LogP contribution in [-0.4, -0.2) is 97.0 Å². The highest BCUT2D eigenvalue weighted by Gasteiger charge is 2.64. The molecule has 47 heavy (non-hydrogen) atoms. The number of benzene rings is 1. The van der Waals surface area contributed by atoms with Crippen molar-refractivity contribution in [1.82, 2.24) is 10.2 Å². The van der Waals surface area contributed by atoms with Gasteiger partial charge in [-0.2, -0.15) is 12.6 Å². The summed E-state index contributed by atoms with van der Waals surface area (Å²) in [6.45, 7) is 5.15. The Morgan fingerprint density at radius 1 is 1.30 bits per heavy atom. The Morgan fingerprint density at radius 3 is 2.70 bits per heavy atom. The summed E-state index contributed by atoms with van der Waals surface area (Å²) >= 11 is 10.8. The molecule has 12 nitrogen and oxygen atoms in total. The number of epoxide rings is 1. The van der Waals surface area contributed by atoms with Crippen LogP contribution in [-0.2, 0) is 35.0 Å². The van der Waals surface area contributed by atoms with E-state index in [1.54, 1.807) is 32.2 Å². The maximum Gasteiger partial charge on any atom is 0.409 e. The van der Waals surface area contributed by atoms with Crippen LogP contribution in [0.1, 0.15) is 52.0 Å². The van der Waals surface area contributed by atoms with E-state index in [1.165, 1.54) is 24.0 Å². The first kappa shape index (κ1) is 36.6. The van der Waals surface area contributed by atoms with Gasteiger partial charge in [-0.25, -0.2) is 4.79 Å². The molecule has 3 amide bonds. The molecule has 3 aliphatic heterocycles. The molecule has 0 radical (unpaired) electrons. The lowest BCUT2D eigenvalue weighted by molar-refractivity contribution is -0.157. The van der Waals surface area contributed by atoms with Gasteiger partial charge in [-0.1, -0.05) is 42.3 Å². The molecule has 2 fully saturated rings. The van der Waals surface area contributed by atoms with Gasteiger partial charge in [0.2, 0.25) is 11.8 Å². The fraction of sp³-hybridized carbons (Fsp3) is 0.576. The van der Waals surface area contributed by atoms with E-state index in [4.69, 9.17) is 30.5 Å². The van der Waals surface area contributed by atoms with Crippen LogP contribution < -0.4 is 15.0 Å². The fourth-order valence-electron chi connectivity index (χ4n) is 6.10. The zero-order chi connectivity index (χ0) is 34.7. The molecule has 4 bridgehead atoms. The number of fused-ring (bicyclic) bond motifs is 5. The van der Waals surface area contributed by atoms with Crippen LogP contribution in [0.5, 0.6) is 5.75 Å². The number of allylic oxidation sites excluding steroid dienone is 3. The summed E-state index contributed by atoms with van der Waals surface area (Å²) < 4.78 is 23.2. The van der Waals surface area contributed by atoms with Crippen LogP contribution in [0.3, 0.4) is 0 Å². The van der Waals surface area contributed by atoms with Crippen LogP contribution >= 0.6 is 24.2 Å². The topological polar surface area (TPSA) is 147 Å². The largest absolute Gasteiger partial charge is 0.495 e. The van der Waals surface area contributed by atoms with E-state index in [9.17, 15) is 24.3 Å². The van der Waals surface area contributed by atoms with Gasteiger partial charge in [0.1, 0.15) is 40.9 Å². The smallest absolute Gasteiger partial charge is 0.409 e. The third-order valence-electron chi connectivity index (χ3n) is 8.97. The standard InChI is InChI=1S/C33H44ClN3O9S/c1-19-9-7-8-11-33(42)17-24(44-31(41)35-33)20(2)30-32(3,46-30)25(45-28(40)18-36(4)26(38)10-12-47)16-27(39)37(5)22-14-21(13-19)15-23(43-6)29(22)34/h7-9,14-15,20,24-25,30,42,47H,10-13,16-18H2,1-6H3,(H,35,41)/b8-7+,19-9+/t20-,24?,25+,30?,32?,33-/m1/s1. The highest BCUT2D eigenvalue weighted by Crippen LogP contribution is 2.49. The Balaban J connectivity index is 1.72. The van der Waals surface area contributed by atoms with E-state index in [0.29, 0.717) is 23.6 Å². The number of carbonyl (C=O) groups is 4. The fourth-order valence-corrected chi connectivity index (χ4v) is 6.60. The number of hydrogen-bond acceptors (Lipinski definition) is 10. The van der Waals surface area contributed by atoms with Gasteiger partial charge in [-0.3, -0.25) is 19.7 Å². The first-order valence-electron chi connectivity index (χ1n) is 15.5. The third-order valence-corrected chi connectivity index (χ3v) is 9.57. The minimum atomic E-state index is -1.56. The number of rotatable bonds is 6. The van der Waals surface area contributed by atoms with Gasteiger partial charge in [0, 0.05) is 39.3 Å². The number of nitrogens with zero attached hydrogens (tertiary/aromatic N) is 2. The second-order valence-corrected chi connectivity index (χ2v) is 13.5. The van der Waals surface area contributed by atoms with Crippen molar-refractivity contribution >= 4 is 53.8 Å². The van der Waals surface area contributed by atoms with Gasteiger partial charge in [0.15, 0.2) is 0 Å². The molecule has 0 aromatic heterocycles. The number of halogens is 1. The lowest BCUT2D eigenvalue weighted by Crippen LogP contribution is -2.57. The van der Waals surface area contributed by atoms with Crippen molar-refractivity contribution in [2.75, 3.05) is 38.4 Å². The van der Waals surface area contributed by atoms with Crippen molar-refractivity contribution in [3.63, 3.8) is 0 Å². The van der Waals surface area contributed by atoms with E-state index in [-0.39, 0.29) is 43.2 Å².